The Morgan fingerprint density at radius 2 is 2.19 bits per heavy atom. The Morgan fingerprint density at radius 3 is 2.95 bits per heavy atom. The number of H-pyrrole nitrogens is 1. The van der Waals surface area contributed by atoms with Crippen molar-refractivity contribution in [2.24, 2.45) is 0 Å². The molecule has 2 amide bonds. The molecule has 1 saturated heterocycles. The number of nitrogens with zero attached hydrogens (tertiary/aromatic N) is 2. The van der Waals surface area contributed by atoms with Crippen molar-refractivity contribution in [2.75, 3.05) is 18.5 Å². The summed E-state index contributed by atoms with van der Waals surface area (Å²) in [5.74, 6) is 0. The summed E-state index contributed by atoms with van der Waals surface area (Å²) in [6.07, 6.45) is 3.24. The third kappa shape index (κ3) is 2.97. The molecule has 0 bridgehead atoms. The average Bonchev–Trinajstić information content (AvgIpc) is 2.80. The highest BCUT2D eigenvalue weighted by Gasteiger charge is 2.28. The zero-order valence-electron chi connectivity index (χ0n) is 12.2. The maximum atomic E-state index is 12.1. The molecule has 7 nitrogen and oxygen atoms in total. The lowest BCUT2D eigenvalue weighted by atomic mass is 9.93. The number of amides is 2. The Hall–Kier alpha value is -2.15. The van der Waals surface area contributed by atoms with Crippen LogP contribution < -0.4 is 10.6 Å². The van der Waals surface area contributed by atoms with Crippen LogP contribution >= 0.6 is 0 Å². The number of carbonyl (C=O) groups excluding carboxylic acids is 1. The maximum Gasteiger partial charge on any atom is 0.319 e. The molecule has 2 aromatic heterocycles. The van der Waals surface area contributed by atoms with E-state index in [9.17, 15) is 4.79 Å². The highest BCUT2D eigenvalue weighted by atomic mass is 16.5. The Balaban J connectivity index is 1.69. The molecule has 1 aliphatic rings. The van der Waals surface area contributed by atoms with Gasteiger partial charge < -0.3 is 15.4 Å². The summed E-state index contributed by atoms with van der Waals surface area (Å²) < 4.78 is 5.33. The van der Waals surface area contributed by atoms with Crippen molar-refractivity contribution >= 4 is 22.8 Å². The lowest BCUT2D eigenvalue weighted by Gasteiger charge is -2.34. The van der Waals surface area contributed by atoms with Crippen LogP contribution in [-0.2, 0) is 4.74 Å². The van der Waals surface area contributed by atoms with Gasteiger partial charge in [-0.3, -0.25) is 5.10 Å². The minimum atomic E-state index is -0.221. The quantitative estimate of drug-likeness (QED) is 0.788. The lowest BCUT2D eigenvalue weighted by Crippen LogP contribution is -2.51. The van der Waals surface area contributed by atoms with Crippen LogP contribution in [-0.4, -0.2) is 40.0 Å². The van der Waals surface area contributed by atoms with Crippen molar-refractivity contribution < 1.29 is 9.53 Å². The van der Waals surface area contributed by atoms with E-state index in [1.807, 2.05) is 19.9 Å². The van der Waals surface area contributed by atoms with E-state index >= 15 is 0 Å². The molecule has 2 aromatic rings. The summed E-state index contributed by atoms with van der Waals surface area (Å²) in [6.45, 7) is 5.32. The van der Waals surface area contributed by atoms with Gasteiger partial charge in [0.15, 0.2) is 5.65 Å². The van der Waals surface area contributed by atoms with Crippen molar-refractivity contribution in [2.45, 2.75) is 32.2 Å². The Morgan fingerprint density at radius 1 is 1.43 bits per heavy atom. The predicted octanol–water partition coefficient (Wildman–Crippen LogP) is 1.96. The SMILES string of the molecule is Cc1[nH]nc2ncc(NC(=O)NC3(C)CCOCC3)cc12. The fourth-order valence-corrected chi connectivity index (χ4v) is 2.47. The first-order valence-corrected chi connectivity index (χ1v) is 7.03. The van der Waals surface area contributed by atoms with Crippen LogP contribution in [0.25, 0.3) is 11.0 Å². The molecule has 0 aromatic carbocycles. The largest absolute Gasteiger partial charge is 0.381 e. The fraction of sp³-hybridized carbons (Fsp3) is 0.500. The van der Waals surface area contributed by atoms with Crippen molar-refractivity contribution in [1.29, 1.82) is 0 Å². The van der Waals surface area contributed by atoms with E-state index < -0.39 is 0 Å². The number of fused-ring (bicyclic) bond motifs is 1. The number of aromatic amines is 1. The number of nitrogens with one attached hydrogen (secondary N) is 3. The summed E-state index contributed by atoms with van der Waals surface area (Å²) in [6, 6.07) is 1.65. The molecule has 7 heteroatoms. The van der Waals surface area contributed by atoms with Crippen LogP contribution in [0.2, 0.25) is 0 Å². The van der Waals surface area contributed by atoms with Gasteiger partial charge in [-0.15, -0.1) is 0 Å². The maximum absolute atomic E-state index is 12.1. The molecule has 0 atom stereocenters. The zero-order valence-corrected chi connectivity index (χ0v) is 12.2. The molecule has 0 radical (unpaired) electrons. The molecule has 3 rings (SSSR count). The van der Waals surface area contributed by atoms with Gasteiger partial charge in [-0.1, -0.05) is 0 Å². The van der Waals surface area contributed by atoms with Crippen LogP contribution in [0, 0.1) is 6.92 Å². The zero-order chi connectivity index (χ0) is 14.9. The van der Waals surface area contributed by atoms with Gasteiger partial charge in [-0.2, -0.15) is 5.10 Å². The first-order chi connectivity index (χ1) is 10.1. The molecule has 1 aliphatic heterocycles. The number of rotatable bonds is 2. The number of anilines is 1. The third-order valence-corrected chi connectivity index (χ3v) is 3.87. The monoisotopic (exact) mass is 289 g/mol. The lowest BCUT2D eigenvalue weighted by molar-refractivity contribution is 0.0500. The molecule has 0 unspecified atom stereocenters. The van der Waals surface area contributed by atoms with E-state index in [2.05, 4.69) is 25.8 Å². The van der Waals surface area contributed by atoms with Crippen LogP contribution in [0.3, 0.4) is 0 Å². The number of pyridine rings is 1. The standard InChI is InChI=1S/C14H19N5O2/c1-9-11-7-10(8-15-12(11)19-18-9)16-13(20)17-14(2)3-5-21-6-4-14/h7-8H,3-6H2,1-2H3,(H,15,18,19)(H2,16,17,20). The molecule has 1 fully saturated rings. The normalized spacial score (nSPS) is 17.6. The summed E-state index contributed by atoms with van der Waals surface area (Å²) in [7, 11) is 0. The summed E-state index contributed by atoms with van der Waals surface area (Å²) in [5, 5.41) is 13.7. The van der Waals surface area contributed by atoms with E-state index in [1.165, 1.54) is 0 Å². The van der Waals surface area contributed by atoms with Crippen LogP contribution in [0.4, 0.5) is 10.5 Å². The van der Waals surface area contributed by atoms with Gasteiger partial charge in [-0.25, -0.2) is 9.78 Å². The van der Waals surface area contributed by atoms with Gasteiger partial charge in [0.1, 0.15) is 0 Å². The Labute approximate surface area is 122 Å². The summed E-state index contributed by atoms with van der Waals surface area (Å²) >= 11 is 0. The number of hydrogen-bond acceptors (Lipinski definition) is 4. The second-order valence-electron chi connectivity index (χ2n) is 5.70. The molecular formula is C14H19N5O2. The first-order valence-electron chi connectivity index (χ1n) is 7.03. The first kappa shape index (κ1) is 13.8. The number of aromatic nitrogens is 3. The number of carbonyl (C=O) groups is 1. The molecule has 0 aliphatic carbocycles. The van der Waals surface area contributed by atoms with E-state index in [-0.39, 0.29) is 11.6 Å². The second kappa shape index (κ2) is 5.33. The van der Waals surface area contributed by atoms with Crippen molar-refractivity contribution in [3.05, 3.63) is 18.0 Å². The molecule has 112 valence electrons. The topological polar surface area (TPSA) is 91.9 Å². The minimum absolute atomic E-state index is 0.217. The third-order valence-electron chi connectivity index (χ3n) is 3.87. The number of aryl methyl sites for hydroxylation is 1. The number of hydrogen-bond donors (Lipinski definition) is 3. The van der Waals surface area contributed by atoms with Crippen molar-refractivity contribution in [1.82, 2.24) is 20.5 Å². The van der Waals surface area contributed by atoms with E-state index in [1.54, 1.807) is 6.20 Å². The molecule has 3 N–H and O–H groups in total. The smallest absolute Gasteiger partial charge is 0.319 e. The molecule has 0 spiro atoms. The Kier molecular flexibility index (Phi) is 3.50. The van der Waals surface area contributed by atoms with Crippen LogP contribution in [0.15, 0.2) is 12.3 Å². The predicted molar refractivity (Wildman–Crippen MR) is 79.2 cm³/mol. The van der Waals surface area contributed by atoms with Gasteiger partial charge >= 0.3 is 6.03 Å². The van der Waals surface area contributed by atoms with Gasteiger partial charge in [0.05, 0.1) is 11.9 Å². The van der Waals surface area contributed by atoms with E-state index in [4.69, 9.17) is 4.74 Å². The van der Waals surface area contributed by atoms with Gasteiger partial charge in [0.25, 0.3) is 0 Å². The summed E-state index contributed by atoms with van der Waals surface area (Å²) in [5.41, 5.74) is 2.01. The van der Waals surface area contributed by atoms with E-state index in [0.29, 0.717) is 24.5 Å². The van der Waals surface area contributed by atoms with Gasteiger partial charge in [0, 0.05) is 29.8 Å². The molecular weight excluding hydrogens is 270 g/mol. The van der Waals surface area contributed by atoms with Gasteiger partial charge in [0.2, 0.25) is 0 Å². The molecule has 3 heterocycles. The average molecular weight is 289 g/mol. The van der Waals surface area contributed by atoms with Gasteiger partial charge in [-0.05, 0) is 32.8 Å². The summed E-state index contributed by atoms with van der Waals surface area (Å²) in [4.78, 5) is 16.3. The van der Waals surface area contributed by atoms with Crippen LogP contribution in [0.1, 0.15) is 25.5 Å². The second-order valence-corrected chi connectivity index (χ2v) is 5.70. The number of ether oxygens (including phenoxy) is 1. The van der Waals surface area contributed by atoms with E-state index in [0.717, 1.165) is 23.9 Å². The molecule has 0 saturated carbocycles. The molecule has 21 heavy (non-hydrogen) atoms. The number of urea groups is 1. The highest BCUT2D eigenvalue weighted by molar-refractivity contribution is 5.92. The Bertz CT molecular complexity index is 660. The van der Waals surface area contributed by atoms with Crippen LogP contribution in [0.5, 0.6) is 0 Å². The fourth-order valence-electron chi connectivity index (χ4n) is 2.47. The van der Waals surface area contributed by atoms with Crippen molar-refractivity contribution in [3.63, 3.8) is 0 Å². The minimum Gasteiger partial charge on any atom is -0.381 e. The highest BCUT2D eigenvalue weighted by Crippen LogP contribution is 2.21. The van der Waals surface area contributed by atoms with Crippen molar-refractivity contribution in [3.8, 4) is 0 Å².